The van der Waals surface area contributed by atoms with Crippen molar-refractivity contribution in [2.75, 3.05) is 0 Å². The Morgan fingerprint density at radius 3 is 2.14 bits per heavy atom. The van der Waals surface area contributed by atoms with Gasteiger partial charge in [-0.1, -0.05) is 61.9 Å². The molecule has 1 aromatic carbocycles. The molecule has 0 heteroatoms. The highest BCUT2D eigenvalue weighted by atomic mass is 14.1. The molecule has 0 saturated heterocycles. The van der Waals surface area contributed by atoms with Crippen LogP contribution in [-0.4, -0.2) is 0 Å². The summed E-state index contributed by atoms with van der Waals surface area (Å²) in [5.41, 5.74) is 4.15. The fraction of sp³-hybridized carbons (Fsp3) is 0.286. The summed E-state index contributed by atoms with van der Waals surface area (Å²) in [5.74, 6) is 0. The lowest BCUT2D eigenvalue weighted by Crippen LogP contribution is -1.75. The Bertz CT molecular complexity index is 328. The Labute approximate surface area is 87.0 Å². The van der Waals surface area contributed by atoms with Crippen LogP contribution in [0, 0.1) is 0 Å². The van der Waals surface area contributed by atoms with E-state index in [1.807, 2.05) is 13.8 Å². The minimum absolute atomic E-state index is 1.12. The highest BCUT2D eigenvalue weighted by Crippen LogP contribution is 2.25. The summed E-state index contributed by atoms with van der Waals surface area (Å²) < 4.78 is 0. The molecule has 0 heterocycles. The molecule has 1 aliphatic rings. The van der Waals surface area contributed by atoms with Crippen LogP contribution in [0.1, 0.15) is 32.8 Å². The van der Waals surface area contributed by atoms with E-state index < -0.39 is 0 Å². The minimum atomic E-state index is 1.12. The van der Waals surface area contributed by atoms with Crippen LogP contribution in [0.15, 0.2) is 48.1 Å². The first-order chi connectivity index (χ1) is 6.86. The lowest BCUT2D eigenvalue weighted by Gasteiger charge is -1.97. The topological polar surface area (TPSA) is 0 Å². The maximum atomic E-state index is 2.28. The van der Waals surface area contributed by atoms with Crippen LogP contribution in [-0.2, 0) is 0 Å². The van der Waals surface area contributed by atoms with Gasteiger partial charge < -0.3 is 0 Å². The first-order valence-electron chi connectivity index (χ1n) is 5.29. The molecule has 2 rings (SSSR count). The molecule has 0 atom stereocenters. The molecule has 0 radical (unpaired) electrons. The van der Waals surface area contributed by atoms with Gasteiger partial charge in [0, 0.05) is 0 Å². The maximum Gasteiger partial charge on any atom is -0.0129 e. The normalized spacial score (nSPS) is 13.9. The van der Waals surface area contributed by atoms with Crippen molar-refractivity contribution < 1.29 is 0 Å². The van der Waals surface area contributed by atoms with Crippen LogP contribution in [0.4, 0.5) is 0 Å². The highest BCUT2D eigenvalue weighted by Gasteiger charge is 2.03. The maximum absolute atomic E-state index is 2.28. The van der Waals surface area contributed by atoms with Gasteiger partial charge in [-0.05, 0) is 24.5 Å². The third-order valence-electron chi connectivity index (χ3n) is 2.15. The Kier molecular flexibility index (Phi) is 4.18. The zero-order valence-electron chi connectivity index (χ0n) is 9.25. The summed E-state index contributed by atoms with van der Waals surface area (Å²) in [4.78, 5) is 0. The van der Waals surface area contributed by atoms with Gasteiger partial charge in [-0.15, -0.1) is 0 Å². The first kappa shape index (κ1) is 10.8. The Morgan fingerprint density at radius 2 is 1.64 bits per heavy atom. The zero-order chi connectivity index (χ0) is 10.4. The summed E-state index contributed by atoms with van der Waals surface area (Å²) in [6.45, 7) is 6.17. The quantitative estimate of drug-likeness (QED) is 0.608. The third-order valence-corrected chi connectivity index (χ3v) is 2.15. The molecule has 1 aliphatic carbocycles. The van der Waals surface area contributed by atoms with E-state index in [-0.39, 0.29) is 0 Å². The Balaban J connectivity index is 0.000000461. The summed E-state index contributed by atoms with van der Waals surface area (Å²) in [6.07, 6.45) is 5.66. The highest BCUT2D eigenvalue weighted by molar-refractivity contribution is 5.77. The molecule has 14 heavy (non-hydrogen) atoms. The van der Waals surface area contributed by atoms with Crippen molar-refractivity contribution in [2.45, 2.75) is 27.2 Å². The summed E-state index contributed by atoms with van der Waals surface area (Å²) in [7, 11) is 0. The molecule has 0 nitrogen and oxygen atoms in total. The van der Waals surface area contributed by atoms with Gasteiger partial charge in [-0.3, -0.25) is 0 Å². The van der Waals surface area contributed by atoms with E-state index >= 15 is 0 Å². The molecular weight excluding hydrogens is 168 g/mol. The predicted octanol–water partition coefficient (Wildman–Crippen LogP) is 4.45. The van der Waals surface area contributed by atoms with Crippen molar-refractivity contribution in [1.82, 2.24) is 0 Å². The second kappa shape index (κ2) is 5.43. The van der Waals surface area contributed by atoms with Crippen LogP contribution in [0.5, 0.6) is 0 Å². The smallest absolute Gasteiger partial charge is 0.0129 e. The molecule has 0 amide bonds. The molecular formula is C14H18. The van der Waals surface area contributed by atoms with Gasteiger partial charge >= 0.3 is 0 Å². The van der Waals surface area contributed by atoms with Crippen molar-refractivity contribution in [2.24, 2.45) is 0 Å². The van der Waals surface area contributed by atoms with Crippen molar-refractivity contribution in [3.05, 3.63) is 53.6 Å². The molecule has 74 valence electrons. The molecule has 0 unspecified atom stereocenters. The first-order valence-corrected chi connectivity index (χ1v) is 5.29. The molecule has 0 saturated carbocycles. The molecule has 1 aromatic rings. The number of rotatable bonds is 1. The molecule has 0 bridgehead atoms. The standard InChI is InChI=1S/C12H12.C2H6/c1-10-7-8-12(9-10)11-5-3-2-4-6-11;1-2/h2-6,8-9H,7H2,1H3;1-2H3. The van der Waals surface area contributed by atoms with E-state index in [0.29, 0.717) is 0 Å². The van der Waals surface area contributed by atoms with Gasteiger partial charge in [0.15, 0.2) is 0 Å². The van der Waals surface area contributed by atoms with Crippen LogP contribution in [0.2, 0.25) is 0 Å². The third kappa shape index (κ3) is 2.59. The predicted molar refractivity (Wildman–Crippen MR) is 64.1 cm³/mol. The molecule has 0 N–H and O–H groups in total. The monoisotopic (exact) mass is 186 g/mol. The number of hydrogen-bond donors (Lipinski definition) is 0. The van der Waals surface area contributed by atoms with Gasteiger partial charge in [0.1, 0.15) is 0 Å². The van der Waals surface area contributed by atoms with E-state index in [0.717, 1.165) is 6.42 Å². The Hall–Kier alpha value is -1.30. The van der Waals surface area contributed by atoms with Gasteiger partial charge in [-0.2, -0.15) is 0 Å². The van der Waals surface area contributed by atoms with E-state index in [9.17, 15) is 0 Å². The number of benzene rings is 1. The van der Waals surface area contributed by atoms with Gasteiger partial charge in [0.05, 0.1) is 0 Å². The SMILES string of the molecule is CC.CC1=CC(c2ccccc2)=CC1. The zero-order valence-corrected chi connectivity index (χ0v) is 9.25. The molecule has 0 spiro atoms. The Morgan fingerprint density at radius 1 is 1.00 bits per heavy atom. The van der Waals surface area contributed by atoms with E-state index in [1.165, 1.54) is 16.7 Å². The van der Waals surface area contributed by atoms with Crippen molar-refractivity contribution in [3.8, 4) is 0 Å². The molecule has 0 aliphatic heterocycles. The van der Waals surface area contributed by atoms with Crippen molar-refractivity contribution in [3.63, 3.8) is 0 Å². The molecule has 0 fully saturated rings. The largest absolute Gasteiger partial charge is 0.0726 e. The van der Waals surface area contributed by atoms with E-state index in [4.69, 9.17) is 0 Å². The number of hydrogen-bond acceptors (Lipinski definition) is 0. The second-order valence-corrected chi connectivity index (χ2v) is 3.22. The average Bonchev–Trinajstić information content (AvgIpc) is 2.69. The average molecular weight is 186 g/mol. The summed E-state index contributed by atoms with van der Waals surface area (Å²) in [5, 5.41) is 0. The van der Waals surface area contributed by atoms with Crippen LogP contribution >= 0.6 is 0 Å². The van der Waals surface area contributed by atoms with Crippen molar-refractivity contribution in [1.29, 1.82) is 0 Å². The van der Waals surface area contributed by atoms with Gasteiger partial charge in [-0.25, -0.2) is 0 Å². The summed E-state index contributed by atoms with van der Waals surface area (Å²) in [6, 6.07) is 10.5. The second-order valence-electron chi connectivity index (χ2n) is 3.22. The van der Waals surface area contributed by atoms with Crippen molar-refractivity contribution >= 4 is 5.57 Å². The fourth-order valence-electron chi connectivity index (χ4n) is 1.49. The van der Waals surface area contributed by atoms with Gasteiger partial charge in [0.25, 0.3) is 0 Å². The fourth-order valence-corrected chi connectivity index (χ4v) is 1.49. The van der Waals surface area contributed by atoms with E-state index in [2.05, 4.69) is 49.4 Å². The number of allylic oxidation sites excluding steroid dienone is 4. The van der Waals surface area contributed by atoms with Crippen LogP contribution < -0.4 is 0 Å². The van der Waals surface area contributed by atoms with Gasteiger partial charge in [0.2, 0.25) is 0 Å². The molecule has 0 aromatic heterocycles. The van der Waals surface area contributed by atoms with Crippen LogP contribution in [0.25, 0.3) is 5.57 Å². The minimum Gasteiger partial charge on any atom is -0.0726 e. The lowest BCUT2D eigenvalue weighted by atomic mass is 10.1. The van der Waals surface area contributed by atoms with E-state index in [1.54, 1.807) is 0 Å². The van der Waals surface area contributed by atoms with Crippen LogP contribution in [0.3, 0.4) is 0 Å². The lowest BCUT2D eigenvalue weighted by molar-refractivity contribution is 1.25. The summed E-state index contributed by atoms with van der Waals surface area (Å²) >= 11 is 0.